The highest BCUT2D eigenvalue weighted by molar-refractivity contribution is 7.22. The minimum absolute atomic E-state index is 0.786. The lowest BCUT2D eigenvalue weighted by Crippen LogP contribution is -2.16. The molecule has 0 aliphatic carbocycles. The van der Waals surface area contributed by atoms with Crippen molar-refractivity contribution < 1.29 is 0 Å². The van der Waals surface area contributed by atoms with Gasteiger partial charge in [0.15, 0.2) is 5.13 Å². The Hall–Kier alpha value is -2.07. The van der Waals surface area contributed by atoms with Crippen LogP contribution in [0.3, 0.4) is 0 Å². The van der Waals surface area contributed by atoms with Crippen molar-refractivity contribution in [2.45, 2.75) is 13.5 Å². The molecule has 4 heteroatoms. The molecule has 3 nitrogen and oxygen atoms in total. The molecular weight excluding hydrogens is 266 g/mol. The monoisotopic (exact) mass is 283 g/mol. The molecule has 0 aliphatic heterocycles. The summed E-state index contributed by atoms with van der Waals surface area (Å²) < 4.78 is 1.14. The topological polar surface area (TPSA) is 42.2 Å². The highest BCUT2D eigenvalue weighted by Gasteiger charge is 2.10. The average Bonchev–Trinajstić information content (AvgIpc) is 2.84. The molecule has 0 saturated carbocycles. The fourth-order valence-electron chi connectivity index (χ4n) is 2.20. The van der Waals surface area contributed by atoms with E-state index in [0.29, 0.717) is 0 Å². The molecule has 0 saturated heterocycles. The van der Waals surface area contributed by atoms with Crippen LogP contribution in [0.2, 0.25) is 0 Å². The van der Waals surface area contributed by atoms with Gasteiger partial charge in [-0.1, -0.05) is 35.6 Å². The van der Waals surface area contributed by atoms with Crippen molar-refractivity contribution in [3.05, 3.63) is 53.6 Å². The number of fused-ring (bicyclic) bond motifs is 1. The third-order valence-corrected chi connectivity index (χ3v) is 4.53. The third-order valence-electron chi connectivity index (χ3n) is 3.40. The molecule has 1 heterocycles. The van der Waals surface area contributed by atoms with E-state index in [4.69, 9.17) is 5.73 Å². The van der Waals surface area contributed by atoms with Crippen molar-refractivity contribution in [1.29, 1.82) is 0 Å². The maximum absolute atomic E-state index is 5.82. The van der Waals surface area contributed by atoms with E-state index >= 15 is 0 Å². The molecule has 0 radical (unpaired) electrons. The van der Waals surface area contributed by atoms with E-state index in [2.05, 4.69) is 48.1 Å². The second kappa shape index (κ2) is 5.13. The van der Waals surface area contributed by atoms with Crippen molar-refractivity contribution in [2.75, 3.05) is 17.7 Å². The van der Waals surface area contributed by atoms with Gasteiger partial charge in [-0.25, -0.2) is 4.98 Å². The average molecular weight is 283 g/mol. The van der Waals surface area contributed by atoms with Crippen molar-refractivity contribution in [2.24, 2.45) is 0 Å². The molecule has 0 unspecified atom stereocenters. The van der Waals surface area contributed by atoms with E-state index < -0.39 is 0 Å². The number of hydrogen-bond donors (Lipinski definition) is 1. The lowest BCUT2D eigenvalue weighted by Gasteiger charge is -2.16. The second-order valence-electron chi connectivity index (χ2n) is 5.01. The Labute approximate surface area is 122 Å². The number of hydrogen-bond acceptors (Lipinski definition) is 4. The molecule has 20 heavy (non-hydrogen) atoms. The minimum atomic E-state index is 0.786. The summed E-state index contributed by atoms with van der Waals surface area (Å²) in [6.45, 7) is 3.00. The molecule has 0 atom stereocenters. The lowest BCUT2D eigenvalue weighted by molar-refractivity contribution is 0.909. The molecule has 0 aliphatic rings. The zero-order chi connectivity index (χ0) is 14.1. The Morgan fingerprint density at radius 2 is 2.00 bits per heavy atom. The van der Waals surface area contributed by atoms with Crippen LogP contribution in [0.5, 0.6) is 0 Å². The number of nitrogen functional groups attached to an aromatic ring is 1. The zero-order valence-electron chi connectivity index (χ0n) is 11.6. The number of nitrogens with zero attached hydrogens (tertiary/aromatic N) is 2. The first kappa shape index (κ1) is 12.9. The summed E-state index contributed by atoms with van der Waals surface area (Å²) in [6.07, 6.45) is 0. The molecular formula is C16H17N3S. The number of thiazole rings is 1. The Kier molecular flexibility index (Phi) is 3.32. The van der Waals surface area contributed by atoms with Crippen molar-refractivity contribution in [3.63, 3.8) is 0 Å². The predicted molar refractivity (Wildman–Crippen MR) is 87.3 cm³/mol. The van der Waals surface area contributed by atoms with Gasteiger partial charge >= 0.3 is 0 Å². The van der Waals surface area contributed by atoms with Crippen LogP contribution in [0.1, 0.15) is 11.1 Å². The van der Waals surface area contributed by atoms with Gasteiger partial charge < -0.3 is 10.6 Å². The van der Waals surface area contributed by atoms with Crippen LogP contribution in [0.25, 0.3) is 10.2 Å². The van der Waals surface area contributed by atoms with E-state index in [1.165, 1.54) is 11.1 Å². The van der Waals surface area contributed by atoms with E-state index in [1.807, 2.05) is 18.2 Å². The number of nitrogens with two attached hydrogens (primary N) is 1. The van der Waals surface area contributed by atoms with E-state index in [0.717, 1.165) is 27.6 Å². The predicted octanol–water partition coefficient (Wildman–Crippen LogP) is 3.82. The van der Waals surface area contributed by atoms with Crippen molar-refractivity contribution in [3.8, 4) is 0 Å². The van der Waals surface area contributed by atoms with Gasteiger partial charge in [0.05, 0.1) is 10.2 Å². The van der Waals surface area contributed by atoms with Crippen LogP contribution < -0.4 is 10.6 Å². The molecule has 0 bridgehead atoms. The van der Waals surface area contributed by atoms with Gasteiger partial charge in [0, 0.05) is 19.3 Å². The summed E-state index contributed by atoms with van der Waals surface area (Å²) in [5.41, 5.74) is 10.3. The van der Waals surface area contributed by atoms with Gasteiger partial charge in [-0.15, -0.1) is 0 Å². The summed E-state index contributed by atoms with van der Waals surface area (Å²) in [5, 5.41) is 1.02. The largest absolute Gasteiger partial charge is 0.399 e. The molecule has 3 aromatic rings. The lowest BCUT2D eigenvalue weighted by atomic mass is 10.1. The summed E-state index contributed by atoms with van der Waals surface area (Å²) in [7, 11) is 2.08. The van der Waals surface area contributed by atoms with E-state index in [-0.39, 0.29) is 0 Å². The number of anilines is 2. The van der Waals surface area contributed by atoms with E-state index in [1.54, 1.807) is 11.3 Å². The zero-order valence-corrected chi connectivity index (χ0v) is 12.4. The summed E-state index contributed by atoms with van der Waals surface area (Å²) in [4.78, 5) is 6.85. The maximum Gasteiger partial charge on any atom is 0.186 e. The Bertz CT molecular complexity index is 748. The van der Waals surface area contributed by atoms with Crippen LogP contribution >= 0.6 is 11.3 Å². The second-order valence-corrected chi connectivity index (χ2v) is 6.02. The van der Waals surface area contributed by atoms with Crippen LogP contribution in [-0.2, 0) is 6.54 Å². The first-order chi connectivity index (χ1) is 9.63. The summed E-state index contributed by atoms with van der Waals surface area (Å²) in [6, 6.07) is 14.3. The number of aromatic nitrogens is 1. The Balaban J connectivity index is 1.89. The number of benzene rings is 2. The van der Waals surface area contributed by atoms with Crippen LogP contribution in [0.4, 0.5) is 10.8 Å². The fourth-order valence-corrected chi connectivity index (χ4v) is 3.18. The first-order valence-electron chi connectivity index (χ1n) is 6.55. The quantitative estimate of drug-likeness (QED) is 0.743. The molecule has 102 valence electrons. The van der Waals surface area contributed by atoms with Gasteiger partial charge in [0.25, 0.3) is 0 Å². The molecule has 0 fully saturated rings. The van der Waals surface area contributed by atoms with Crippen molar-refractivity contribution >= 4 is 32.4 Å². The minimum Gasteiger partial charge on any atom is -0.399 e. The number of rotatable bonds is 3. The van der Waals surface area contributed by atoms with Gasteiger partial charge in [0.2, 0.25) is 0 Å². The molecule has 2 aromatic carbocycles. The molecule has 3 rings (SSSR count). The summed E-state index contributed by atoms with van der Waals surface area (Å²) >= 11 is 1.68. The van der Waals surface area contributed by atoms with Crippen LogP contribution in [0, 0.1) is 6.92 Å². The van der Waals surface area contributed by atoms with Gasteiger partial charge in [-0.05, 0) is 36.2 Å². The highest BCUT2D eigenvalue weighted by atomic mass is 32.1. The highest BCUT2D eigenvalue weighted by Crippen LogP contribution is 2.30. The van der Waals surface area contributed by atoms with Crippen molar-refractivity contribution in [1.82, 2.24) is 4.98 Å². The Morgan fingerprint density at radius 3 is 2.80 bits per heavy atom. The van der Waals surface area contributed by atoms with E-state index in [9.17, 15) is 0 Å². The molecule has 0 amide bonds. The Morgan fingerprint density at radius 1 is 1.20 bits per heavy atom. The SMILES string of the molecule is Cc1ccccc1CN(C)c1nc2ccc(N)cc2s1. The maximum atomic E-state index is 5.82. The number of aryl methyl sites for hydroxylation is 1. The van der Waals surface area contributed by atoms with Gasteiger partial charge in [-0.2, -0.15) is 0 Å². The molecule has 1 aromatic heterocycles. The molecule has 2 N–H and O–H groups in total. The standard InChI is InChI=1S/C16H17N3S/c1-11-5-3-4-6-12(11)10-19(2)16-18-14-8-7-13(17)9-15(14)20-16/h3-9H,10,17H2,1-2H3. The summed E-state index contributed by atoms with van der Waals surface area (Å²) in [5.74, 6) is 0. The normalized spacial score (nSPS) is 10.9. The molecule has 0 spiro atoms. The first-order valence-corrected chi connectivity index (χ1v) is 7.37. The fraction of sp³-hybridized carbons (Fsp3) is 0.188. The van der Waals surface area contributed by atoms with Gasteiger partial charge in [0.1, 0.15) is 0 Å². The van der Waals surface area contributed by atoms with Gasteiger partial charge in [-0.3, -0.25) is 0 Å². The third kappa shape index (κ3) is 2.47. The van der Waals surface area contributed by atoms with Crippen LogP contribution in [-0.4, -0.2) is 12.0 Å². The van der Waals surface area contributed by atoms with Crippen LogP contribution in [0.15, 0.2) is 42.5 Å². The smallest absolute Gasteiger partial charge is 0.186 e.